The number of alkyl halides is 3. The number of hydrogen-bond acceptors (Lipinski definition) is 2. The second-order valence-corrected chi connectivity index (χ2v) is 3.37. The van der Waals surface area contributed by atoms with E-state index in [4.69, 9.17) is 5.26 Å². The predicted octanol–water partition coefficient (Wildman–Crippen LogP) is 3.42. The number of benzene rings is 1. The van der Waals surface area contributed by atoms with Crippen LogP contribution < -0.4 is 4.74 Å². The molecule has 0 amide bonds. The average molecular weight is 228 g/mol. The first-order chi connectivity index (χ1) is 7.33. The van der Waals surface area contributed by atoms with Crippen LogP contribution in [0.25, 0.3) is 0 Å². The zero-order valence-corrected chi connectivity index (χ0v) is 8.72. The van der Waals surface area contributed by atoms with E-state index in [2.05, 4.69) is 4.74 Å². The van der Waals surface area contributed by atoms with Gasteiger partial charge in [-0.2, -0.15) is 5.26 Å². The quantitative estimate of drug-likeness (QED) is 0.776. The Balaban J connectivity index is 3.09. The summed E-state index contributed by atoms with van der Waals surface area (Å²) < 4.78 is 39.7. The summed E-state index contributed by atoms with van der Waals surface area (Å²) in [5, 5.41) is 8.71. The summed E-state index contributed by atoms with van der Waals surface area (Å²) in [5.41, 5.74) is 0.585. The van der Waals surface area contributed by atoms with Gasteiger partial charge in [-0.25, -0.2) is 0 Å². The SMILES string of the molecule is C[C](C)c1ccc(OC(F)(F)F)c(C#N)c1. The van der Waals surface area contributed by atoms with Gasteiger partial charge in [-0.1, -0.05) is 19.9 Å². The lowest BCUT2D eigenvalue weighted by Crippen LogP contribution is -2.17. The van der Waals surface area contributed by atoms with Crippen LogP contribution >= 0.6 is 0 Å². The van der Waals surface area contributed by atoms with Crippen LogP contribution in [0.15, 0.2) is 18.2 Å². The Hall–Kier alpha value is -1.70. The molecule has 0 spiro atoms. The Kier molecular flexibility index (Phi) is 3.43. The maximum Gasteiger partial charge on any atom is 0.573 e. The number of ether oxygens (including phenoxy) is 1. The predicted molar refractivity (Wildman–Crippen MR) is 51.5 cm³/mol. The highest BCUT2D eigenvalue weighted by molar-refractivity contribution is 5.48. The summed E-state index contributed by atoms with van der Waals surface area (Å²) in [6, 6.07) is 5.68. The molecule has 0 aliphatic rings. The van der Waals surface area contributed by atoms with Gasteiger partial charge in [0.1, 0.15) is 11.8 Å². The summed E-state index contributed by atoms with van der Waals surface area (Å²) in [6.07, 6.45) is -4.78. The van der Waals surface area contributed by atoms with Gasteiger partial charge >= 0.3 is 6.36 Å². The van der Waals surface area contributed by atoms with Gasteiger partial charge in [0.15, 0.2) is 0 Å². The van der Waals surface area contributed by atoms with Crippen LogP contribution in [0.3, 0.4) is 0 Å². The zero-order chi connectivity index (χ0) is 12.3. The third-order valence-electron chi connectivity index (χ3n) is 1.90. The van der Waals surface area contributed by atoms with Crippen molar-refractivity contribution in [3.8, 4) is 11.8 Å². The van der Waals surface area contributed by atoms with Gasteiger partial charge in [0.25, 0.3) is 0 Å². The van der Waals surface area contributed by atoms with E-state index in [0.717, 1.165) is 12.0 Å². The van der Waals surface area contributed by atoms with E-state index < -0.39 is 12.1 Å². The molecule has 0 unspecified atom stereocenters. The summed E-state index contributed by atoms with van der Waals surface area (Å²) in [4.78, 5) is 0. The monoisotopic (exact) mass is 228 g/mol. The molecular formula is C11H9F3NO. The van der Waals surface area contributed by atoms with E-state index in [0.29, 0.717) is 5.56 Å². The lowest BCUT2D eigenvalue weighted by molar-refractivity contribution is -0.274. The van der Waals surface area contributed by atoms with Crippen molar-refractivity contribution in [1.29, 1.82) is 5.26 Å². The second kappa shape index (κ2) is 4.44. The molecule has 0 aliphatic carbocycles. The Labute approximate surface area is 91.3 Å². The maximum absolute atomic E-state index is 12.0. The summed E-state index contributed by atoms with van der Waals surface area (Å²) in [5.74, 6) is 0.440. The van der Waals surface area contributed by atoms with Crippen LogP contribution in [0.4, 0.5) is 13.2 Å². The molecule has 2 nitrogen and oxygen atoms in total. The first-order valence-electron chi connectivity index (χ1n) is 4.44. The molecule has 5 heteroatoms. The van der Waals surface area contributed by atoms with Crippen LogP contribution in [0.5, 0.6) is 5.75 Å². The van der Waals surface area contributed by atoms with Crippen molar-refractivity contribution in [2.24, 2.45) is 0 Å². The first kappa shape index (κ1) is 12.4. The molecule has 0 fully saturated rings. The van der Waals surface area contributed by atoms with Gasteiger partial charge < -0.3 is 4.74 Å². The minimum atomic E-state index is -4.78. The fourth-order valence-corrected chi connectivity index (χ4v) is 1.14. The van der Waals surface area contributed by atoms with Gasteiger partial charge in [0.05, 0.1) is 5.56 Å². The van der Waals surface area contributed by atoms with Gasteiger partial charge in [0.2, 0.25) is 0 Å². The maximum atomic E-state index is 12.0. The molecule has 0 aromatic heterocycles. The van der Waals surface area contributed by atoms with E-state index in [1.54, 1.807) is 19.9 Å². The van der Waals surface area contributed by atoms with Gasteiger partial charge in [-0.15, -0.1) is 13.2 Å². The average Bonchev–Trinajstić information content (AvgIpc) is 2.15. The standard InChI is InChI=1S/C11H9F3NO/c1-7(2)8-3-4-10(9(5-8)6-15)16-11(12,13)14/h3-5H,1-2H3. The van der Waals surface area contributed by atoms with E-state index in [9.17, 15) is 13.2 Å². The smallest absolute Gasteiger partial charge is 0.404 e. The Morgan fingerprint density at radius 1 is 1.31 bits per heavy atom. The van der Waals surface area contributed by atoms with Gasteiger partial charge in [-0.3, -0.25) is 0 Å². The first-order valence-corrected chi connectivity index (χ1v) is 4.44. The minimum absolute atomic E-state index is 0.129. The summed E-state index contributed by atoms with van der Waals surface area (Å²) >= 11 is 0. The lowest BCUT2D eigenvalue weighted by Gasteiger charge is -2.12. The minimum Gasteiger partial charge on any atom is -0.404 e. The van der Waals surface area contributed by atoms with Crippen LogP contribution in [-0.4, -0.2) is 6.36 Å². The molecule has 0 aliphatic heterocycles. The molecule has 1 aromatic carbocycles. The summed E-state index contributed by atoms with van der Waals surface area (Å²) in [7, 11) is 0. The molecule has 1 aromatic rings. The fraction of sp³-hybridized carbons (Fsp3) is 0.273. The second-order valence-electron chi connectivity index (χ2n) is 3.37. The fourth-order valence-electron chi connectivity index (χ4n) is 1.14. The Bertz CT molecular complexity index is 418. The highest BCUT2D eigenvalue weighted by atomic mass is 19.4. The van der Waals surface area contributed by atoms with Gasteiger partial charge in [-0.05, 0) is 23.6 Å². The molecule has 16 heavy (non-hydrogen) atoms. The molecule has 0 saturated heterocycles. The van der Waals surface area contributed by atoms with Crippen LogP contribution in [0.2, 0.25) is 0 Å². The van der Waals surface area contributed by atoms with Crippen molar-refractivity contribution < 1.29 is 17.9 Å². The molecular weight excluding hydrogens is 219 g/mol. The van der Waals surface area contributed by atoms with E-state index >= 15 is 0 Å². The lowest BCUT2D eigenvalue weighted by atomic mass is 10.0. The molecule has 0 atom stereocenters. The third kappa shape index (κ3) is 3.16. The highest BCUT2D eigenvalue weighted by Crippen LogP contribution is 2.28. The number of rotatable bonds is 2. The zero-order valence-electron chi connectivity index (χ0n) is 8.72. The number of hydrogen-bond donors (Lipinski definition) is 0. The number of halogens is 3. The highest BCUT2D eigenvalue weighted by Gasteiger charge is 2.32. The van der Waals surface area contributed by atoms with Crippen molar-refractivity contribution in [2.45, 2.75) is 20.2 Å². The Morgan fingerprint density at radius 2 is 1.94 bits per heavy atom. The number of nitriles is 1. The topological polar surface area (TPSA) is 33.0 Å². The Morgan fingerprint density at radius 3 is 2.38 bits per heavy atom. The van der Waals surface area contributed by atoms with Crippen LogP contribution in [0.1, 0.15) is 25.0 Å². The molecule has 1 radical (unpaired) electrons. The number of nitrogens with zero attached hydrogens (tertiary/aromatic N) is 1. The van der Waals surface area contributed by atoms with Crippen molar-refractivity contribution in [2.75, 3.05) is 0 Å². The normalized spacial score (nSPS) is 11.3. The van der Waals surface area contributed by atoms with Crippen molar-refractivity contribution in [1.82, 2.24) is 0 Å². The molecule has 85 valence electrons. The largest absolute Gasteiger partial charge is 0.573 e. The van der Waals surface area contributed by atoms with Crippen LogP contribution in [0, 0.1) is 17.2 Å². The van der Waals surface area contributed by atoms with Crippen molar-refractivity contribution in [3.05, 3.63) is 35.2 Å². The van der Waals surface area contributed by atoms with Crippen LogP contribution in [-0.2, 0) is 0 Å². The molecule has 0 saturated carbocycles. The molecule has 0 bridgehead atoms. The molecule has 1 rings (SSSR count). The van der Waals surface area contributed by atoms with Gasteiger partial charge in [0, 0.05) is 0 Å². The van der Waals surface area contributed by atoms with Crippen molar-refractivity contribution >= 4 is 0 Å². The van der Waals surface area contributed by atoms with E-state index in [1.807, 2.05) is 0 Å². The molecule has 0 heterocycles. The molecule has 0 N–H and O–H groups in total. The van der Waals surface area contributed by atoms with Crippen molar-refractivity contribution in [3.63, 3.8) is 0 Å². The van der Waals surface area contributed by atoms with E-state index in [-0.39, 0.29) is 5.56 Å². The third-order valence-corrected chi connectivity index (χ3v) is 1.90. The van der Waals surface area contributed by atoms with E-state index in [1.165, 1.54) is 12.1 Å². The summed E-state index contributed by atoms with van der Waals surface area (Å²) in [6.45, 7) is 3.61.